The second kappa shape index (κ2) is 66.1. The summed E-state index contributed by atoms with van der Waals surface area (Å²) >= 11 is 0. The average molecular weight is 1780 g/mol. The minimum atomic E-state index is -1.22. The number of likely N-dealkylation sites (tertiary alicyclic amines) is 1. The van der Waals surface area contributed by atoms with Crippen LogP contribution in [0.4, 0.5) is 4.79 Å². The van der Waals surface area contributed by atoms with Crippen molar-refractivity contribution >= 4 is 74.7 Å². The molecule has 0 aromatic rings. The summed E-state index contributed by atoms with van der Waals surface area (Å²) in [5.41, 5.74) is -0.640. The van der Waals surface area contributed by atoms with Crippen LogP contribution in [0.15, 0.2) is 0 Å². The number of carbonyl (C=O) groups excluding carboxylic acids is 9. The summed E-state index contributed by atoms with van der Waals surface area (Å²) in [4.78, 5) is 119. The SMILES string of the molecule is COC[C@H]1C[C@H](OC)CN1C(=O)CCCCC(=O)CCCSSCCC(=O)CC(CCCOC(=O)CCCCCCCNC(=O)CCCOC1OC(CO)C(O)C(O)C1C)(CCCOC(=O)CCCCCCCNC(=O)CCCOC1OC(CO)C(O)C(O)C1C)CCCOC(=O)NCCCCCCCC(=O)CCCOC1OC(CO)C(O)C(O)C1C. The molecule has 4 heterocycles. The molecule has 0 aromatic heterocycles. The van der Waals surface area contributed by atoms with Gasteiger partial charge in [0.1, 0.15) is 54.0 Å². The highest BCUT2D eigenvalue weighted by atomic mass is 33.1. The third kappa shape index (κ3) is 45.6. The molecule has 4 aliphatic heterocycles. The van der Waals surface area contributed by atoms with Crippen LogP contribution in [0, 0.1) is 23.2 Å². The van der Waals surface area contributed by atoms with E-state index < -0.39 is 123 Å². The Balaban J connectivity index is 1.25. The molecular formula is C87H154N4O29S2. The largest absolute Gasteiger partial charge is 0.466 e. The molecule has 4 amide bonds. The van der Waals surface area contributed by atoms with Gasteiger partial charge >= 0.3 is 18.0 Å². The Labute approximate surface area is 731 Å². The number of ether oxygens (including phenoxy) is 11. The summed E-state index contributed by atoms with van der Waals surface area (Å²) < 4.78 is 62.1. The van der Waals surface area contributed by atoms with Crippen molar-refractivity contribution in [3.05, 3.63) is 0 Å². The lowest BCUT2D eigenvalue weighted by molar-refractivity contribution is -0.282. The first-order chi connectivity index (χ1) is 58.8. The van der Waals surface area contributed by atoms with Gasteiger partial charge in [-0.15, -0.1) is 0 Å². The van der Waals surface area contributed by atoms with Gasteiger partial charge in [-0.05, 0) is 127 Å². The molecule has 0 aromatic carbocycles. The molecule has 4 aliphatic rings. The molecular weight excluding hydrogens is 1630 g/mol. The number of esters is 2. The van der Waals surface area contributed by atoms with E-state index in [0.717, 1.165) is 89.2 Å². The summed E-state index contributed by atoms with van der Waals surface area (Å²) in [5, 5.41) is 98.3. The van der Waals surface area contributed by atoms with Crippen molar-refractivity contribution in [1.29, 1.82) is 0 Å². The van der Waals surface area contributed by atoms with Crippen molar-refractivity contribution in [2.75, 3.05) is 118 Å². The fourth-order valence-corrected chi connectivity index (χ4v) is 17.8. The molecule has 708 valence electrons. The maximum Gasteiger partial charge on any atom is 0.407 e. The van der Waals surface area contributed by atoms with E-state index in [1.165, 1.54) is 0 Å². The number of unbranched alkanes of at least 4 members (excludes halogenated alkanes) is 13. The number of amides is 4. The highest BCUT2D eigenvalue weighted by molar-refractivity contribution is 8.76. The number of hydrogen-bond acceptors (Lipinski definition) is 31. The maximum absolute atomic E-state index is 14.3. The zero-order chi connectivity index (χ0) is 89.3. The van der Waals surface area contributed by atoms with Crippen LogP contribution in [0.25, 0.3) is 0 Å². The van der Waals surface area contributed by atoms with Crippen molar-refractivity contribution in [2.24, 2.45) is 23.2 Å². The minimum absolute atomic E-state index is 0.0159. The van der Waals surface area contributed by atoms with E-state index in [9.17, 15) is 89.1 Å². The summed E-state index contributed by atoms with van der Waals surface area (Å²) in [5.74, 6) is -0.877. The van der Waals surface area contributed by atoms with Crippen LogP contribution in [-0.2, 0) is 90.5 Å². The zero-order valence-electron chi connectivity index (χ0n) is 73.7. The van der Waals surface area contributed by atoms with Gasteiger partial charge in [0, 0.05) is 140 Å². The third-order valence-electron chi connectivity index (χ3n) is 23.4. The van der Waals surface area contributed by atoms with Crippen LogP contribution in [0.1, 0.15) is 271 Å². The lowest BCUT2D eigenvalue weighted by atomic mass is 9.71. The number of nitrogens with zero attached hydrogens (tertiary/aromatic N) is 1. The highest BCUT2D eigenvalue weighted by Gasteiger charge is 2.45. The Kier molecular flexibility index (Phi) is 59.6. The van der Waals surface area contributed by atoms with E-state index in [4.69, 9.17) is 52.1 Å². The number of alkyl carbamates (subject to hydrolysis) is 1. The van der Waals surface area contributed by atoms with Crippen molar-refractivity contribution in [3.8, 4) is 0 Å². The molecule has 0 radical (unpaired) electrons. The molecule has 0 aliphatic carbocycles. The number of methoxy groups -OCH3 is 2. The predicted molar refractivity (Wildman–Crippen MR) is 457 cm³/mol. The van der Waals surface area contributed by atoms with Crippen LogP contribution >= 0.6 is 21.6 Å². The molecule has 15 unspecified atom stereocenters. The monoisotopic (exact) mass is 1780 g/mol. The quantitative estimate of drug-likeness (QED) is 0.0122. The van der Waals surface area contributed by atoms with E-state index in [-0.39, 0.29) is 137 Å². The standard InChI is InChI=1S/C87H154N4O29S2/c1-61-77(103)80(106)69(57-92)118-83(61)114-46-23-32-65(95)30-15-9-6-14-22-45-90-86(109)117-51-29-42-87(55-67(97)39-53-122-121-52-26-33-66(96)31-18-19-36-74(100)91-56-68(111-5)54-64(91)60-110-4,40-27-49-112-75(101)37-16-10-7-12-20-43-88-72(98)34-24-47-115-84-62(2)78(104)81(107)70(58-93)119-84)41-28-50-113-76(102)38-17-11-8-13-21-44-89-73(99)35-25-48-116-85-63(3)79(105)82(108)71(59-94)120-85/h61-64,68-71,77-85,92-94,103-108H,6-60H2,1-5H3,(H,88,98)(H,89,99)(H,90,109)/t61?,62?,63?,64-,68+,69?,70?,71?,77?,78?,79?,80?,81?,82?,83?,84?,85?,87?/m1/s1. The van der Waals surface area contributed by atoms with Gasteiger partial charge in [0.25, 0.3) is 0 Å². The summed E-state index contributed by atoms with van der Waals surface area (Å²) in [6.45, 7) is 6.93. The van der Waals surface area contributed by atoms with Gasteiger partial charge in [0.2, 0.25) is 17.7 Å². The van der Waals surface area contributed by atoms with Crippen LogP contribution < -0.4 is 16.0 Å². The van der Waals surface area contributed by atoms with Gasteiger partial charge in [-0.1, -0.05) is 100 Å². The Morgan fingerprint density at radius 1 is 0.402 bits per heavy atom. The first-order valence-electron chi connectivity index (χ1n) is 45.4. The lowest BCUT2D eigenvalue weighted by Gasteiger charge is -2.40. The van der Waals surface area contributed by atoms with E-state index in [1.54, 1.807) is 56.6 Å². The van der Waals surface area contributed by atoms with Gasteiger partial charge < -0.3 is 119 Å². The summed E-state index contributed by atoms with van der Waals surface area (Å²) in [6, 6.07) is -0.0178. The van der Waals surface area contributed by atoms with Gasteiger partial charge in [-0.2, -0.15) is 0 Å². The first-order valence-corrected chi connectivity index (χ1v) is 47.9. The number of hydrogen-bond donors (Lipinski definition) is 12. The van der Waals surface area contributed by atoms with Crippen LogP contribution in [0.3, 0.4) is 0 Å². The first kappa shape index (κ1) is 110. The van der Waals surface area contributed by atoms with Crippen molar-refractivity contribution in [1.82, 2.24) is 20.9 Å². The predicted octanol–water partition coefficient (Wildman–Crippen LogP) is 7.47. The molecule has 122 heavy (non-hydrogen) atoms. The lowest BCUT2D eigenvalue weighted by Crippen LogP contribution is -2.55. The van der Waals surface area contributed by atoms with Crippen molar-refractivity contribution in [2.45, 2.75) is 357 Å². The fraction of sp³-hybridized carbons (Fsp3) is 0.897. The maximum atomic E-state index is 14.3. The van der Waals surface area contributed by atoms with E-state index in [1.807, 2.05) is 4.90 Å². The fourth-order valence-electron chi connectivity index (χ4n) is 15.7. The molecule has 35 heteroatoms. The number of Topliss-reactive ketones (excluding diaryl/α,β-unsaturated/α-hetero) is 3. The van der Waals surface area contributed by atoms with Gasteiger partial charge in [-0.3, -0.25) is 38.4 Å². The molecule has 12 N–H and O–H groups in total. The summed E-state index contributed by atoms with van der Waals surface area (Å²) in [7, 11) is 6.46. The molecule has 33 nitrogen and oxygen atoms in total. The second-order valence-electron chi connectivity index (χ2n) is 33.4. The number of aliphatic hydroxyl groups is 9. The molecule has 4 saturated heterocycles. The third-order valence-corrected chi connectivity index (χ3v) is 25.9. The number of nitrogens with one attached hydrogen (secondary N) is 3. The van der Waals surface area contributed by atoms with Crippen LogP contribution in [0.5, 0.6) is 0 Å². The Hall–Kier alpha value is -4.35. The Morgan fingerprint density at radius 2 is 0.779 bits per heavy atom. The van der Waals surface area contributed by atoms with Crippen LogP contribution in [-0.4, -0.2) is 308 Å². The Bertz CT molecular complexity index is 2660. The topological polar surface area (TPSA) is 477 Å². The number of rotatable bonds is 72. The average Bonchev–Trinajstić information content (AvgIpc) is 1.43. The highest BCUT2D eigenvalue weighted by Crippen LogP contribution is 2.41. The summed E-state index contributed by atoms with van der Waals surface area (Å²) in [6.07, 6.45) is 8.81. The van der Waals surface area contributed by atoms with Gasteiger partial charge in [-0.25, -0.2) is 4.79 Å². The molecule has 0 spiro atoms. The van der Waals surface area contributed by atoms with E-state index in [2.05, 4.69) is 16.0 Å². The van der Waals surface area contributed by atoms with Gasteiger partial charge in [0.15, 0.2) is 18.9 Å². The van der Waals surface area contributed by atoms with Gasteiger partial charge in [0.05, 0.1) is 96.5 Å². The second-order valence-corrected chi connectivity index (χ2v) is 36.1. The molecule has 17 atom stereocenters. The normalized spacial score (nSPS) is 25.2. The molecule has 0 saturated carbocycles. The number of aliphatic hydroxyl groups excluding tert-OH is 9. The van der Waals surface area contributed by atoms with E-state index >= 15 is 0 Å². The van der Waals surface area contributed by atoms with E-state index in [0.29, 0.717) is 167 Å². The van der Waals surface area contributed by atoms with Crippen molar-refractivity contribution < 1.29 is 141 Å². The van der Waals surface area contributed by atoms with Crippen LogP contribution in [0.2, 0.25) is 0 Å². The zero-order valence-corrected chi connectivity index (χ0v) is 75.3. The van der Waals surface area contributed by atoms with Crippen molar-refractivity contribution in [3.63, 3.8) is 0 Å². The Morgan fingerprint density at radius 3 is 1.22 bits per heavy atom. The number of ketones is 3. The molecule has 0 bridgehead atoms. The smallest absolute Gasteiger partial charge is 0.407 e. The molecule has 4 rings (SSSR count). The molecule has 4 fully saturated rings. The number of carbonyl (C=O) groups is 9. The minimum Gasteiger partial charge on any atom is -0.466 e.